The fourth-order valence-electron chi connectivity index (χ4n) is 1.12. The average Bonchev–Trinajstić information content (AvgIpc) is 2.36. The Kier molecular flexibility index (Phi) is 5.17. The largest absolute Gasteiger partial charge is 0.497 e. The summed E-state index contributed by atoms with van der Waals surface area (Å²) < 4.78 is 6.16. The second-order valence-corrected chi connectivity index (χ2v) is 3.67. The number of nitriles is 1. The van der Waals surface area contributed by atoms with Gasteiger partial charge in [0, 0.05) is 12.2 Å². The molecule has 0 spiro atoms. The van der Waals surface area contributed by atoms with Crippen LogP contribution in [0.25, 0.3) is 0 Å². The minimum atomic E-state index is -0.367. The van der Waals surface area contributed by atoms with Crippen molar-refractivity contribution in [2.75, 3.05) is 19.0 Å². The van der Waals surface area contributed by atoms with Crippen molar-refractivity contribution in [3.63, 3.8) is 0 Å². The summed E-state index contributed by atoms with van der Waals surface area (Å²) in [6.45, 7) is 0.279. The van der Waals surface area contributed by atoms with Crippen molar-refractivity contribution < 1.29 is 9.53 Å². The Balaban J connectivity index is 2.52. The summed E-state index contributed by atoms with van der Waals surface area (Å²) in [5, 5.41) is 11.0. The summed E-state index contributed by atoms with van der Waals surface area (Å²) in [6.07, 6.45) is 0.250. The number of urea groups is 1. The summed E-state index contributed by atoms with van der Waals surface area (Å²) in [5.41, 5.74) is 0.645. The lowest BCUT2D eigenvalue weighted by Crippen LogP contribution is -2.27. The number of hydrogen-bond acceptors (Lipinski definition) is 4. The van der Waals surface area contributed by atoms with Crippen LogP contribution in [0.2, 0.25) is 0 Å². The first-order chi connectivity index (χ1) is 8.17. The highest BCUT2D eigenvalue weighted by Crippen LogP contribution is 2.15. The molecule has 0 unspecified atom stereocenters. The molecule has 1 aromatic carbocycles. The van der Waals surface area contributed by atoms with Gasteiger partial charge >= 0.3 is 6.03 Å². The zero-order chi connectivity index (χ0) is 12.7. The van der Waals surface area contributed by atoms with Crippen molar-refractivity contribution in [3.8, 4) is 11.8 Å². The lowest BCUT2D eigenvalue weighted by molar-refractivity contribution is 0.239. The number of amides is 2. The third-order valence-corrected chi connectivity index (χ3v) is 2.39. The lowest BCUT2D eigenvalue weighted by atomic mass is 10.3. The summed E-state index contributed by atoms with van der Waals surface area (Å²) in [5.74, 6) is 0.718. The van der Waals surface area contributed by atoms with Gasteiger partial charge in [0.25, 0.3) is 0 Å². The Bertz CT molecular complexity index is 414. The highest BCUT2D eigenvalue weighted by atomic mass is 32.1. The molecule has 1 rings (SSSR count). The van der Waals surface area contributed by atoms with Crippen molar-refractivity contribution in [3.05, 3.63) is 24.3 Å². The number of hydrogen-bond donors (Lipinski definition) is 2. The predicted molar refractivity (Wildman–Crippen MR) is 67.9 cm³/mol. The van der Waals surface area contributed by atoms with E-state index in [0.717, 1.165) is 10.1 Å². The molecular formula is C11H13N3O2S. The highest BCUT2D eigenvalue weighted by Gasteiger charge is 2.08. The third kappa shape index (κ3) is 4.25. The molecule has 2 amide bonds. The van der Waals surface area contributed by atoms with Crippen LogP contribution >= 0.6 is 12.8 Å². The van der Waals surface area contributed by atoms with E-state index in [1.165, 1.54) is 0 Å². The number of rotatable bonds is 4. The zero-order valence-corrected chi connectivity index (χ0v) is 10.3. The quantitative estimate of drug-likeness (QED) is 0.807. The Morgan fingerprint density at radius 1 is 1.53 bits per heavy atom. The molecule has 17 heavy (non-hydrogen) atoms. The molecule has 1 aromatic rings. The first kappa shape index (κ1) is 13.2. The van der Waals surface area contributed by atoms with Crippen LogP contribution in [-0.4, -0.2) is 24.0 Å². The fraction of sp³-hybridized carbons (Fsp3) is 0.273. The van der Waals surface area contributed by atoms with E-state index in [-0.39, 0.29) is 19.0 Å². The van der Waals surface area contributed by atoms with E-state index in [1.807, 2.05) is 6.07 Å². The van der Waals surface area contributed by atoms with Crippen molar-refractivity contribution in [2.24, 2.45) is 0 Å². The molecule has 90 valence electrons. The fourth-order valence-corrected chi connectivity index (χ4v) is 1.27. The van der Waals surface area contributed by atoms with Crippen molar-refractivity contribution in [1.29, 1.82) is 5.26 Å². The van der Waals surface area contributed by atoms with Gasteiger partial charge in [0.15, 0.2) is 0 Å². The Labute approximate surface area is 106 Å². The van der Waals surface area contributed by atoms with E-state index in [2.05, 4.69) is 18.1 Å². The van der Waals surface area contributed by atoms with E-state index in [1.54, 1.807) is 31.4 Å². The molecule has 0 aliphatic rings. The molecule has 0 fully saturated rings. The van der Waals surface area contributed by atoms with Crippen LogP contribution in [0.3, 0.4) is 0 Å². The van der Waals surface area contributed by atoms with E-state index in [9.17, 15) is 4.79 Å². The van der Waals surface area contributed by atoms with Crippen LogP contribution in [0, 0.1) is 11.3 Å². The average molecular weight is 251 g/mol. The summed E-state index contributed by atoms with van der Waals surface area (Å²) in [4.78, 5) is 11.6. The van der Waals surface area contributed by atoms with Crippen LogP contribution in [0.1, 0.15) is 6.42 Å². The number of ether oxygens (including phenoxy) is 1. The zero-order valence-electron chi connectivity index (χ0n) is 9.38. The minimum Gasteiger partial charge on any atom is -0.497 e. The molecule has 0 heterocycles. The monoisotopic (exact) mass is 251 g/mol. The number of carbonyl (C=O) groups is 1. The van der Waals surface area contributed by atoms with Gasteiger partial charge < -0.3 is 10.1 Å². The van der Waals surface area contributed by atoms with Crippen LogP contribution in [0.4, 0.5) is 10.5 Å². The number of thiol groups is 1. The number of anilines is 1. The topological polar surface area (TPSA) is 65.4 Å². The number of benzene rings is 1. The Morgan fingerprint density at radius 3 is 2.71 bits per heavy atom. The van der Waals surface area contributed by atoms with Gasteiger partial charge in [-0.1, -0.05) is 12.8 Å². The molecule has 5 nitrogen and oxygen atoms in total. The summed E-state index contributed by atoms with van der Waals surface area (Å²) in [7, 11) is 1.57. The van der Waals surface area contributed by atoms with Gasteiger partial charge in [-0.3, -0.25) is 4.31 Å². The first-order valence-corrected chi connectivity index (χ1v) is 5.35. The molecule has 0 aliphatic carbocycles. The number of methoxy groups -OCH3 is 1. The van der Waals surface area contributed by atoms with Gasteiger partial charge in [0.05, 0.1) is 19.6 Å². The highest BCUT2D eigenvalue weighted by molar-refractivity contribution is 7.78. The molecule has 0 saturated heterocycles. The standard InChI is InChI=1S/C11H13N3O2S/c1-16-10-5-3-9(4-6-10)13-11(15)14(17)8-2-7-12/h3-6,17H,2,8H2,1H3,(H,13,15). The van der Waals surface area contributed by atoms with Gasteiger partial charge in [0.1, 0.15) is 5.75 Å². The smallest absolute Gasteiger partial charge is 0.331 e. The molecule has 0 radical (unpaired) electrons. The summed E-state index contributed by atoms with van der Waals surface area (Å²) >= 11 is 3.97. The molecule has 0 bridgehead atoms. The van der Waals surface area contributed by atoms with Crippen molar-refractivity contribution in [2.45, 2.75) is 6.42 Å². The first-order valence-electron chi connectivity index (χ1n) is 4.95. The summed E-state index contributed by atoms with van der Waals surface area (Å²) in [6, 6.07) is 8.52. The molecule has 0 aromatic heterocycles. The second-order valence-electron chi connectivity index (χ2n) is 3.19. The van der Waals surface area contributed by atoms with E-state index in [4.69, 9.17) is 10.00 Å². The van der Waals surface area contributed by atoms with Crippen LogP contribution < -0.4 is 10.1 Å². The van der Waals surface area contributed by atoms with Crippen LogP contribution in [-0.2, 0) is 0 Å². The van der Waals surface area contributed by atoms with Crippen LogP contribution in [0.15, 0.2) is 24.3 Å². The Hall–Kier alpha value is -1.87. The molecule has 0 saturated carbocycles. The lowest BCUT2D eigenvalue weighted by Gasteiger charge is -2.14. The molecule has 0 aliphatic heterocycles. The minimum absolute atomic E-state index is 0.250. The molecule has 0 atom stereocenters. The Morgan fingerprint density at radius 2 is 2.18 bits per heavy atom. The maximum atomic E-state index is 11.6. The maximum absolute atomic E-state index is 11.6. The molecule has 6 heteroatoms. The van der Waals surface area contributed by atoms with Crippen LogP contribution in [0.5, 0.6) is 5.75 Å². The predicted octanol–water partition coefficient (Wildman–Crippen LogP) is 2.29. The van der Waals surface area contributed by atoms with E-state index in [0.29, 0.717) is 5.69 Å². The third-order valence-electron chi connectivity index (χ3n) is 2.01. The molecule has 1 N–H and O–H groups in total. The normalized spacial score (nSPS) is 9.24. The number of carbonyl (C=O) groups excluding carboxylic acids is 1. The van der Waals surface area contributed by atoms with Crippen molar-refractivity contribution in [1.82, 2.24) is 4.31 Å². The van der Waals surface area contributed by atoms with Crippen molar-refractivity contribution >= 4 is 24.5 Å². The van der Waals surface area contributed by atoms with E-state index >= 15 is 0 Å². The van der Waals surface area contributed by atoms with Gasteiger partial charge in [-0.15, -0.1) is 0 Å². The SMILES string of the molecule is COc1ccc(NC(=O)N(S)CCC#N)cc1. The van der Waals surface area contributed by atoms with Gasteiger partial charge in [-0.2, -0.15) is 5.26 Å². The van der Waals surface area contributed by atoms with E-state index < -0.39 is 0 Å². The van der Waals surface area contributed by atoms with Gasteiger partial charge in [-0.05, 0) is 24.3 Å². The second kappa shape index (κ2) is 6.66. The maximum Gasteiger partial charge on any atom is 0.331 e. The van der Waals surface area contributed by atoms with Gasteiger partial charge in [-0.25, -0.2) is 4.79 Å². The number of nitrogens with zero attached hydrogens (tertiary/aromatic N) is 2. The van der Waals surface area contributed by atoms with Gasteiger partial charge in [0.2, 0.25) is 0 Å². The molecular weight excluding hydrogens is 238 g/mol. The number of nitrogens with one attached hydrogen (secondary N) is 1.